The Labute approximate surface area is 205 Å². The van der Waals surface area contributed by atoms with Gasteiger partial charge in [0, 0.05) is 22.6 Å². The molecular formula is C34H25N. The van der Waals surface area contributed by atoms with Crippen LogP contribution in [-0.4, -0.2) is 4.98 Å². The van der Waals surface area contributed by atoms with Crippen molar-refractivity contribution < 1.29 is 0 Å². The van der Waals surface area contributed by atoms with Gasteiger partial charge in [0.25, 0.3) is 0 Å². The molecule has 1 nitrogen and oxygen atoms in total. The number of benzene rings is 5. The van der Waals surface area contributed by atoms with E-state index in [1.54, 1.807) is 0 Å². The number of aromatic nitrogens is 1. The highest BCUT2D eigenvalue weighted by atomic mass is 14.7. The number of nitrogens with zero attached hydrogens (tertiary/aromatic N) is 1. The first kappa shape index (κ1) is 20.2. The molecule has 0 fully saturated rings. The Kier molecular flexibility index (Phi) is 4.25. The van der Waals surface area contributed by atoms with Crippen molar-refractivity contribution in [1.82, 2.24) is 4.98 Å². The smallest absolute Gasteiger partial charge is 0.0792 e. The van der Waals surface area contributed by atoms with E-state index in [0.717, 1.165) is 5.52 Å². The first-order chi connectivity index (χ1) is 17.1. The van der Waals surface area contributed by atoms with Gasteiger partial charge in [0.05, 0.1) is 5.52 Å². The fourth-order valence-electron chi connectivity index (χ4n) is 6.08. The van der Waals surface area contributed by atoms with Crippen LogP contribution in [0.4, 0.5) is 0 Å². The summed E-state index contributed by atoms with van der Waals surface area (Å²) < 4.78 is 0. The third-order valence-electron chi connectivity index (χ3n) is 7.71. The Morgan fingerprint density at radius 2 is 1.17 bits per heavy atom. The van der Waals surface area contributed by atoms with E-state index in [-0.39, 0.29) is 5.41 Å². The molecule has 0 amide bonds. The topological polar surface area (TPSA) is 12.9 Å². The maximum Gasteiger partial charge on any atom is 0.0792 e. The fourth-order valence-corrected chi connectivity index (χ4v) is 6.08. The zero-order chi connectivity index (χ0) is 23.6. The molecule has 0 atom stereocenters. The maximum atomic E-state index is 4.93. The van der Waals surface area contributed by atoms with Crippen molar-refractivity contribution in [1.29, 1.82) is 0 Å². The molecule has 1 heteroatoms. The Morgan fingerprint density at radius 3 is 2.00 bits per heavy atom. The molecular weight excluding hydrogens is 422 g/mol. The van der Waals surface area contributed by atoms with E-state index in [9.17, 15) is 0 Å². The van der Waals surface area contributed by atoms with Crippen LogP contribution in [0.25, 0.3) is 55.1 Å². The van der Waals surface area contributed by atoms with Crippen molar-refractivity contribution in [2.45, 2.75) is 19.3 Å². The first-order valence-corrected chi connectivity index (χ1v) is 12.2. The van der Waals surface area contributed by atoms with Gasteiger partial charge in [0.2, 0.25) is 0 Å². The summed E-state index contributed by atoms with van der Waals surface area (Å²) in [6, 6.07) is 39.6. The van der Waals surface area contributed by atoms with Crippen LogP contribution in [0.1, 0.15) is 25.0 Å². The summed E-state index contributed by atoms with van der Waals surface area (Å²) in [5.41, 5.74) is 11.5. The van der Waals surface area contributed by atoms with Crippen LogP contribution < -0.4 is 0 Å². The normalized spacial score (nSPS) is 13.7. The molecule has 1 heterocycles. The first-order valence-electron chi connectivity index (χ1n) is 12.2. The highest BCUT2D eigenvalue weighted by Crippen LogP contribution is 2.50. The molecule has 166 valence electrons. The van der Waals surface area contributed by atoms with E-state index in [1.165, 1.54) is 60.7 Å². The molecule has 0 bridgehead atoms. The minimum Gasteiger partial charge on any atom is -0.256 e. The molecule has 0 saturated carbocycles. The molecule has 0 spiro atoms. The van der Waals surface area contributed by atoms with Crippen LogP contribution in [0.2, 0.25) is 0 Å². The molecule has 35 heavy (non-hydrogen) atoms. The Bertz CT molecular complexity index is 1700. The highest BCUT2D eigenvalue weighted by molar-refractivity contribution is 6.20. The Balaban J connectivity index is 1.59. The average molecular weight is 448 g/mol. The third-order valence-corrected chi connectivity index (χ3v) is 7.71. The highest BCUT2D eigenvalue weighted by Gasteiger charge is 2.35. The zero-order valence-electron chi connectivity index (χ0n) is 19.9. The SMILES string of the molecule is CC1(C)c2ccccc2-c2cc(-c3c4ccccc4c(-c4ccccc4)c4ncccc34)ccc21. The summed E-state index contributed by atoms with van der Waals surface area (Å²) in [6.45, 7) is 4.67. The van der Waals surface area contributed by atoms with Crippen LogP contribution in [0, 0.1) is 0 Å². The van der Waals surface area contributed by atoms with Crippen molar-refractivity contribution in [2.24, 2.45) is 0 Å². The molecule has 0 radical (unpaired) electrons. The fraction of sp³-hybridized carbons (Fsp3) is 0.0882. The second-order valence-corrected chi connectivity index (χ2v) is 9.99. The number of pyridine rings is 1. The van der Waals surface area contributed by atoms with Crippen LogP contribution in [0.15, 0.2) is 115 Å². The Hall–Kier alpha value is -4.23. The van der Waals surface area contributed by atoms with Crippen LogP contribution in [-0.2, 0) is 5.41 Å². The summed E-state index contributed by atoms with van der Waals surface area (Å²) in [7, 11) is 0. The standard InChI is InChI=1S/C34H25N/c1-34(2)29-17-9-8-13-24(29)28-21-23(18-19-30(28)34)31-25-14-6-7-15-26(25)32(22-11-4-3-5-12-22)33-27(31)16-10-20-35-33/h3-21H,1-2H3. The molecule has 1 aromatic heterocycles. The molecule has 0 unspecified atom stereocenters. The van der Waals surface area contributed by atoms with E-state index >= 15 is 0 Å². The minimum absolute atomic E-state index is 0.00726. The number of hydrogen-bond acceptors (Lipinski definition) is 1. The molecule has 1 aliphatic rings. The number of hydrogen-bond donors (Lipinski definition) is 0. The van der Waals surface area contributed by atoms with Crippen LogP contribution in [0.5, 0.6) is 0 Å². The molecule has 1 aliphatic carbocycles. The largest absolute Gasteiger partial charge is 0.256 e. The lowest BCUT2D eigenvalue weighted by Crippen LogP contribution is -2.14. The summed E-state index contributed by atoms with van der Waals surface area (Å²) in [5, 5.41) is 3.69. The van der Waals surface area contributed by atoms with Gasteiger partial charge in [-0.05, 0) is 61.8 Å². The molecule has 0 aliphatic heterocycles. The van der Waals surface area contributed by atoms with Gasteiger partial charge in [-0.3, -0.25) is 4.98 Å². The molecule has 7 rings (SSSR count). The lowest BCUT2D eigenvalue weighted by molar-refractivity contribution is 0.660. The van der Waals surface area contributed by atoms with Gasteiger partial charge in [-0.15, -0.1) is 0 Å². The molecule has 0 saturated heterocycles. The van der Waals surface area contributed by atoms with Crippen LogP contribution >= 0.6 is 0 Å². The van der Waals surface area contributed by atoms with Gasteiger partial charge >= 0.3 is 0 Å². The number of fused-ring (bicyclic) bond motifs is 5. The second-order valence-electron chi connectivity index (χ2n) is 9.99. The van der Waals surface area contributed by atoms with Gasteiger partial charge in [0.15, 0.2) is 0 Å². The monoisotopic (exact) mass is 447 g/mol. The zero-order valence-corrected chi connectivity index (χ0v) is 19.9. The lowest BCUT2D eigenvalue weighted by Gasteiger charge is -2.22. The second kappa shape index (κ2) is 7.38. The van der Waals surface area contributed by atoms with E-state index < -0.39 is 0 Å². The van der Waals surface area contributed by atoms with Crippen molar-refractivity contribution in [3.8, 4) is 33.4 Å². The summed E-state index contributed by atoms with van der Waals surface area (Å²) in [5.74, 6) is 0. The van der Waals surface area contributed by atoms with Gasteiger partial charge < -0.3 is 0 Å². The predicted molar refractivity (Wildman–Crippen MR) is 148 cm³/mol. The van der Waals surface area contributed by atoms with E-state index in [0.29, 0.717) is 0 Å². The van der Waals surface area contributed by atoms with Gasteiger partial charge in [-0.1, -0.05) is 111 Å². The van der Waals surface area contributed by atoms with Gasteiger partial charge in [-0.25, -0.2) is 0 Å². The Morgan fingerprint density at radius 1 is 0.514 bits per heavy atom. The van der Waals surface area contributed by atoms with Crippen molar-refractivity contribution in [2.75, 3.05) is 0 Å². The summed E-state index contributed by atoms with van der Waals surface area (Å²) in [4.78, 5) is 4.93. The van der Waals surface area contributed by atoms with Crippen molar-refractivity contribution >= 4 is 21.7 Å². The molecule has 5 aromatic carbocycles. The van der Waals surface area contributed by atoms with Gasteiger partial charge in [-0.2, -0.15) is 0 Å². The average Bonchev–Trinajstić information content (AvgIpc) is 3.14. The third kappa shape index (κ3) is 2.85. The minimum atomic E-state index is 0.00726. The van der Waals surface area contributed by atoms with Crippen molar-refractivity contribution in [3.63, 3.8) is 0 Å². The van der Waals surface area contributed by atoms with E-state index in [1.807, 2.05) is 6.20 Å². The molecule has 0 N–H and O–H groups in total. The van der Waals surface area contributed by atoms with E-state index in [2.05, 4.69) is 123 Å². The number of rotatable bonds is 2. The van der Waals surface area contributed by atoms with Gasteiger partial charge in [0.1, 0.15) is 0 Å². The van der Waals surface area contributed by atoms with Crippen molar-refractivity contribution in [3.05, 3.63) is 127 Å². The summed E-state index contributed by atoms with van der Waals surface area (Å²) in [6.07, 6.45) is 1.91. The quantitative estimate of drug-likeness (QED) is 0.241. The van der Waals surface area contributed by atoms with Crippen LogP contribution in [0.3, 0.4) is 0 Å². The van der Waals surface area contributed by atoms with E-state index in [4.69, 9.17) is 4.98 Å². The summed E-state index contributed by atoms with van der Waals surface area (Å²) >= 11 is 0. The lowest BCUT2D eigenvalue weighted by atomic mass is 9.81. The molecule has 6 aromatic rings. The maximum absolute atomic E-state index is 4.93. The predicted octanol–water partition coefficient (Wildman–Crippen LogP) is 9.03.